The van der Waals surface area contributed by atoms with Gasteiger partial charge < -0.3 is 0 Å². The van der Waals surface area contributed by atoms with Crippen molar-refractivity contribution >= 4 is 33.5 Å². The average Bonchev–Trinajstić information content (AvgIpc) is 2.78. The van der Waals surface area contributed by atoms with E-state index in [4.69, 9.17) is 0 Å². The Morgan fingerprint density at radius 1 is 1.06 bits per heavy atom. The van der Waals surface area contributed by atoms with E-state index in [-0.39, 0.29) is 10.6 Å². The third-order valence-electron chi connectivity index (χ3n) is 4.72. The maximum atomic E-state index is 13.3. The van der Waals surface area contributed by atoms with E-state index in [1.807, 2.05) is 13.0 Å². The zero-order valence-electron chi connectivity index (χ0n) is 18.0. The van der Waals surface area contributed by atoms with Crippen LogP contribution < -0.4 is 9.73 Å². The first-order chi connectivity index (χ1) is 15.7. The van der Waals surface area contributed by atoms with Crippen LogP contribution in [0.15, 0.2) is 82.8 Å². The Kier molecular flexibility index (Phi) is 7.19. The minimum atomic E-state index is -4.03. The van der Waals surface area contributed by atoms with Crippen LogP contribution in [0.1, 0.15) is 16.7 Å². The van der Waals surface area contributed by atoms with Crippen LogP contribution in [-0.4, -0.2) is 32.0 Å². The molecule has 0 heterocycles. The molecule has 0 atom stereocenters. The topological polar surface area (TPSA) is 122 Å². The summed E-state index contributed by atoms with van der Waals surface area (Å²) in [5, 5.41) is 14.7. The third-order valence-corrected chi connectivity index (χ3v) is 6.50. The second-order valence-electron chi connectivity index (χ2n) is 7.26. The number of hydrogen-bond acceptors (Lipinski definition) is 6. The highest BCUT2D eigenvalue weighted by Gasteiger charge is 2.28. The summed E-state index contributed by atoms with van der Waals surface area (Å²) in [6.07, 6.45) is 1.25. The summed E-state index contributed by atoms with van der Waals surface area (Å²) >= 11 is 0. The number of anilines is 1. The summed E-state index contributed by atoms with van der Waals surface area (Å²) in [5.74, 6) is -0.670. The number of carbonyl (C=O) groups excluding carboxylic acids is 1. The molecule has 33 heavy (non-hydrogen) atoms. The SMILES string of the molecule is Cc1ccc(N(CC(=O)N/N=C\c2cccc([N+](=O)[O-])c2)S(=O)(=O)c2ccccc2)c(C)c1. The molecule has 3 aromatic rings. The van der Waals surface area contributed by atoms with E-state index in [2.05, 4.69) is 10.5 Å². The van der Waals surface area contributed by atoms with Crippen molar-refractivity contribution in [2.24, 2.45) is 5.10 Å². The van der Waals surface area contributed by atoms with Gasteiger partial charge in [0.05, 0.1) is 21.7 Å². The van der Waals surface area contributed by atoms with E-state index in [1.54, 1.807) is 43.3 Å². The number of benzene rings is 3. The molecule has 0 unspecified atom stereocenters. The van der Waals surface area contributed by atoms with Gasteiger partial charge in [-0.3, -0.25) is 19.2 Å². The van der Waals surface area contributed by atoms with Gasteiger partial charge in [0.15, 0.2) is 0 Å². The first-order valence-electron chi connectivity index (χ1n) is 9.90. The van der Waals surface area contributed by atoms with Gasteiger partial charge >= 0.3 is 0 Å². The van der Waals surface area contributed by atoms with Gasteiger partial charge in [-0.1, -0.05) is 48.0 Å². The number of nitrogens with one attached hydrogen (secondary N) is 1. The lowest BCUT2D eigenvalue weighted by atomic mass is 10.1. The number of hydrazone groups is 1. The molecule has 0 aliphatic carbocycles. The fourth-order valence-electron chi connectivity index (χ4n) is 3.17. The largest absolute Gasteiger partial charge is 0.271 e. The van der Waals surface area contributed by atoms with Crippen molar-refractivity contribution in [1.29, 1.82) is 0 Å². The Hall–Kier alpha value is -4.05. The number of amides is 1. The predicted octanol–water partition coefficient (Wildman–Crippen LogP) is 3.56. The van der Waals surface area contributed by atoms with E-state index in [0.29, 0.717) is 16.8 Å². The quantitative estimate of drug-likeness (QED) is 0.309. The van der Waals surface area contributed by atoms with E-state index < -0.39 is 27.4 Å². The van der Waals surface area contributed by atoms with Gasteiger partial charge in [-0.15, -0.1) is 0 Å². The molecule has 0 saturated heterocycles. The molecule has 0 aromatic heterocycles. The summed E-state index contributed by atoms with van der Waals surface area (Å²) in [5.41, 5.74) is 4.62. The van der Waals surface area contributed by atoms with Gasteiger partial charge in [0.25, 0.3) is 21.6 Å². The number of aryl methyl sites for hydroxylation is 2. The van der Waals surface area contributed by atoms with Crippen molar-refractivity contribution < 1.29 is 18.1 Å². The number of nitro benzene ring substituents is 1. The van der Waals surface area contributed by atoms with E-state index in [0.717, 1.165) is 9.87 Å². The lowest BCUT2D eigenvalue weighted by Gasteiger charge is -2.25. The summed E-state index contributed by atoms with van der Waals surface area (Å²) in [6.45, 7) is 3.16. The van der Waals surface area contributed by atoms with Crippen LogP contribution in [0.5, 0.6) is 0 Å². The van der Waals surface area contributed by atoms with Gasteiger partial charge in [0.1, 0.15) is 6.54 Å². The Morgan fingerprint density at radius 2 is 1.79 bits per heavy atom. The molecule has 0 spiro atoms. The first-order valence-corrected chi connectivity index (χ1v) is 11.3. The van der Waals surface area contributed by atoms with Crippen LogP contribution in [-0.2, 0) is 14.8 Å². The monoisotopic (exact) mass is 466 g/mol. The number of nitrogens with zero attached hydrogens (tertiary/aromatic N) is 3. The molecule has 0 saturated carbocycles. The van der Waals surface area contributed by atoms with Crippen molar-refractivity contribution in [3.05, 3.63) is 99.6 Å². The lowest BCUT2D eigenvalue weighted by molar-refractivity contribution is -0.384. The van der Waals surface area contributed by atoms with Crippen LogP contribution in [0.3, 0.4) is 0 Å². The van der Waals surface area contributed by atoms with Gasteiger partial charge in [-0.2, -0.15) is 5.10 Å². The van der Waals surface area contributed by atoms with Crippen LogP contribution >= 0.6 is 0 Å². The molecule has 9 nitrogen and oxygen atoms in total. The Morgan fingerprint density at radius 3 is 2.45 bits per heavy atom. The van der Waals surface area contributed by atoms with Gasteiger partial charge in [0.2, 0.25) is 0 Å². The van der Waals surface area contributed by atoms with Crippen molar-refractivity contribution in [3.8, 4) is 0 Å². The molecular weight excluding hydrogens is 444 g/mol. The molecule has 170 valence electrons. The molecule has 3 aromatic carbocycles. The molecule has 0 aliphatic heterocycles. The molecule has 0 aliphatic rings. The third kappa shape index (κ3) is 5.80. The standard InChI is InChI=1S/C23H22N4O5S/c1-17-11-12-22(18(2)13-17)26(33(31,32)21-9-4-3-5-10-21)16-23(28)25-24-15-19-7-6-8-20(14-19)27(29)30/h3-15H,16H2,1-2H3,(H,25,28)/b24-15-. The number of rotatable bonds is 8. The zero-order chi connectivity index (χ0) is 24.0. The molecule has 0 radical (unpaired) electrons. The molecule has 10 heteroatoms. The molecule has 0 fully saturated rings. The molecule has 1 amide bonds. The fourth-order valence-corrected chi connectivity index (χ4v) is 4.67. The van der Waals surface area contributed by atoms with Crippen LogP contribution in [0, 0.1) is 24.0 Å². The second kappa shape index (κ2) is 10.0. The average molecular weight is 467 g/mol. The Bertz CT molecular complexity index is 1310. The van der Waals surface area contributed by atoms with Crippen molar-refractivity contribution in [2.75, 3.05) is 10.8 Å². The number of non-ortho nitro benzene ring substituents is 1. The van der Waals surface area contributed by atoms with E-state index >= 15 is 0 Å². The van der Waals surface area contributed by atoms with E-state index in [1.165, 1.54) is 36.5 Å². The highest BCUT2D eigenvalue weighted by molar-refractivity contribution is 7.92. The molecule has 3 rings (SSSR count). The zero-order valence-corrected chi connectivity index (χ0v) is 18.8. The normalized spacial score (nSPS) is 11.3. The van der Waals surface area contributed by atoms with Gasteiger partial charge in [0, 0.05) is 17.7 Å². The van der Waals surface area contributed by atoms with Gasteiger partial charge in [-0.25, -0.2) is 13.8 Å². The lowest BCUT2D eigenvalue weighted by Crippen LogP contribution is -2.40. The van der Waals surface area contributed by atoms with Crippen molar-refractivity contribution in [2.45, 2.75) is 18.7 Å². The van der Waals surface area contributed by atoms with E-state index in [9.17, 15) is 23.3 Å². The summed E-state index contributed by atoms with van der Waals surface area (Å²) in [4.78, 5) is 23.0. The highest BCUT2D eigenvalue weighted by atomic mass is 32.2. The number of sulfonamides is 1. The van der Waals surface area contributed by atoms with Gasteiger partial charge in [-0.05, 0) is 37.6 Å². The van der Waals surface area contributed by atoms with Crippen LogP contribution in [0.2, 0.25) is 0 Å². The number of carbonyl (C=O) groups is 1. The maximum Gasteiger partial charge on any atom is 0.270 e. The smallest absolute Gasteiger partial charge is 0.270 e. The minimum absolute atomic E-state index is 0.0536. The molecular formula is C23H22N4O5S. The number of hydrogen-bond donors (Lipinski definition) is 1. The molecule has 1 N–H and O–H groups in total. The molecule has 0 bridgehead atoms. The fraction of sp³-hybridized carbons (Fsp3) is 0.130. The summed E-state index contributed by atoms with van der Waals surface area (Å²) < 4.78 is 27.7. The predicted molar refractivity (Wildman–Crippen MR) is 126 cm³/mol. The Balaban J connectivity index is 1.85. The Labute approximate surface area is 191 Å². The van der Waals surface area contributed by atoms with Crippen LogP contribution in [0.4, 0.5) is 11.4 Å². The summed E-state index contributed by atoms with van der Waals surface area (Å²) in [7, 11) is -4.03. The van der Waals surface area contributed by atoms with Crippen LogP contribution in [0.25, 0.3) is 0 Å². The highest BCUT2D eigenvalue weighted by Crippen LogP contribution is 2.27. The van der Waals surface area contributed by atoms with Crippen molar-refractivity contribution in [1.82, 2.24) is 5.43 Å². The number of nitro groups is 1. The van der Waals surface area contributed by atoms with Crippen molar-refractivity contribution in [3.63, 3.8) is 0 Å². The maximum absolute atomic E-state index is 13.3. The second-order valence-corrected chi connectivity index (χ2v) is 9.12. The summed E-state index contributed by atoms with van der Waals surface area (Å²) in [6, 6.07) is 18.8. The minimum Gasteiger partial charge on any atom is -0.271 e. The first kappa shape index (κ1) is 23.6.